The molecule has 0 aromatic heterocycles. The molecule has 1 aliphatic heterocycles. The maximum atomic E-state index is 13.1. The molecule has 0 bridgehead atoms. The van der Waals surface area contributed by atoms with Gasteiger partial charge >= 0.3 is 0 Å². The van der Waals surface area contributed by atoms with Crippen molar-refractivity contribution in [3.8, 4) is 0 Å². The topological polar surface area (TPSA) is 116 Å². The molecule has 1 heterocycles. The third-order valence-corrected chi connectivity index (χ3v) is 6.53. The summed E-state index contributed by atoms with van der Waals surface area (Å²) in [4.78, 5) is 27.1. The first-order valence-electron chi connectivity index (χ1n) is 9.53. The summed E-state index contributed by atoms with van der Waals surface area (Å²) in [5, 5.41) is 9.10. The van der Waals surface area contributed by atoms with Crippen LogP contribution in [0, 0.1) is 11.8 Å². The van der Waals surface area contributed by atoms with Gasteiger partial charge in [-0.2, -0.15) is 0 Å². The van der Waals surface area contributed by atoms with Crippen LogP contribution in [0.5, 0.6) is 0 Å². The largest absolute Gasteiger partial charge is 0.342 e. The number of hydrogen-bond donors (Lipinski definition) is 3. The van der Waals surface area contributed by atoms with E-state index in [1.165, 1.54) is 5.56 Å². The quantitative estimate of drug-likeness (QED) is 0.492. The van der Waals surface area contributed by atoms with Gasteiger partial charge in [0.2, 0.25) is 21.8 Å². The van der Waals surface area contributed by atoms with Crippen molar-refractivity contribution in [2.24, 2.45) is 11.8 Å². The van der Waals surface area contributed by atoms with E-state index >= 15 is 0 Å². The van der Waals surface area contributed by atoms with Gasteiger partial charge in [-0.05, 0) is 31.2 Å². The highest BCUT2D eigenvalue weighted by molar-refractivity contribution is 7.88. The number of amides is 2. The Hall–Kier alpha value is -1.97. The van der Waals surface area contributed by atoms with Crippen LogP contribution in [-0.2, 0) is 19.6 Å². The Morgan fingerprint density at radius 1 is 1.11 bits per heavy atom. The maximum absolute atomic E-state index is 13.1. The van der Waals surface area contributed by atoms with Crippen LogP contribution in [0.25, 0.3) is 0 Å². The highest BCUT2D eigenvalue weighted by Gasteiger charge is 2.42. The van der Waals surface area contributed by atoms with E-state index in [0.717, 1.165) is 12.7 Å². The SMILES string of the molecule is CS(=O)(=O)N[C@H]1CC[C@H](C(=O)N2CC[C@H](c3ccccc3)C2)[C@@H](C(=O)NO)C1. The van der Waals surface area contributed by atoms with Crippen LogP contribution in [0.4, 0.5) is 0 Å². The van der Waals surface area contributed by atoms with E-state index in [9.17, 15) is 18.0 Å². The van der Waals surface area contributed by atoms with Crippen molar-refractivity contribution in [1.82, 2.24) is 15.1 Å². The number of nitrogens with one attached hydrogen (secondary N) is 2. The van der Waals surface area contributed by atoms with Crippen LogP contribution in [0.15, 0.2) is 30.3 Å². The number of benzene rings is 1. The van der Waals surface area contributed by atoms with Gasteiger partial charge in [-0.1, -0.05) is 30.3 Å². The van der Waals surface area contributed by atoms with Crippen LogP contribution in [0.1, 0.15) is 37.2 Å². The third kappa shape index (κ3) is 4.89. The van der Waals surface area contributed by atoms with Crippen LogP contribution in [0.2, 0.25) is 0 Å². The highest BCUT2D eigenvalue weighted by atomic mass is 32.2. The molecule has 0 unspecified atom stereocenters. The molecule has 28 heavy (non-hydrogen) atoms. The third-order valence-electron chi connectivity index (χ3n) is 5.77. The monoisotopic (exact) mass is 409 g/mol. The second kappa shape index (κ2) is 8.59. The molecule has 9 heteroatoms. The average Bonchev–Trinajstić information content (AvgIpc) is 3.16. The molecule has 2 aliphatic rings. The van der Waals surface area contributed by atoms with Crippen molar-refractivity contribution < 1.29 is 23.2 Å². The molecule has 8 nitrogen and oxygen atoms in total. The highest BCUT2D eigenvalue weighted by Crippen LogP contribution is 2.35. The number of carbonyl (C=O) groups excluding carboxylic acids is 2. The number of likely N-dealkylation sites (tertiary alicyclic amines) is 1. The molecule has 0 spiro atoms. The Labute approximate surface area is 165 Å². The fraction of sp³-hybridized carbons (Fsp3) is 0.579. The molecule has 1 aliphatic carbocycles. The molecule has 2 amide bonds. The minimum Gasteiger partial charge on any atom is -0.342 e. The number of rotatable bonds is 5. The Kier molecular flexibility index (Phi) is 6.36. The molecule has 3 rings (SSSR count). The fourth-order valence-corrected chi connectivity index (χ4v) is 5.26. The summed E-state index contributed by atoms with van der Waals surface area (Å²) in [6.07, 6.45) is 3.01. The fourth-order valence-electron chi connectivity index (χ4n) is 4.44. The normalized spacial score (nSPS) is 28.1. The lowest BCUT2D eigenvalue weighted by atomic mass is 9.76. The Balaban J connectivity index is 1.69. The summed E-state index contributed by atoms with van der Waals surface area (Å²) in [5.41, 5.74) is 2.84. The van der Waals surface area contributed by atoms with Gasteiger partial charge in [0, 0.05) is 31.0 Å². The van der Waals surface area contributed by atoms with E-state index < -0.39 is 33.8 Å². The first-order valence-corrected chi connectivity index (χ1v) is 11.4. The number of hydrogen-bond acceptors (Lipinski definition) is 5. The van der Waals surface area contributed by atoms with Crippen molar-refractivity contribution >= 4 is 21.8 Å². The zero-order valence-corrected chi connectivity index (χ0v) is 16.7. The van der Waals surface area contributed by atoms with Gasteiger partial charge in [-0.15, -0.1) is 0 Å². The zero-order valence-electron chi connectivity index (χ0n) is 15.9. The smallest absolute Gasteiger partial charge is 0.247 e. The Bertz CT molecular complexity index is 814. The van der Waals surface area contributed by atoms with Gasteiger partial charge in [0.25, 0.3) is 0 Å². The first kappa shape index (κ1) is 20.8. The number of nitrogens with zero attached hydrogens (tertiary/aromatic N) is 1. The molecule has 3 N–H and O–H groups in total. The molecule has 2 fully saturated rings. The van der Waals surface area contributed by atoms with Crippen LogP contribution in [0.3, 0.4) is 0 Å². The second-order valence-electron chi connectivity index (χ2n) is 7.77. The summed E-state index contributed by atoms with van der Waals surface area (Å²) in [6, 6.07) is 9.63. The van der Waals surface area contributed by atoms with Gasteiger partial charge in [-0.3, -0.25) is 14.8 Å². The minimum absolute atomic E-state index is 0.0927. The Morgan fingerprint density at radius 2 is 1.82 bits per heavy atom. The first-order chi connectivity index (χ1) is 13.3. The van der Waals surface area contributed by atoms with E-state index in [-0.39, 0.29) is 18.2 Å². The number of carbonyl (C=O) groups is 2. The van der Waals surface area contributed by atoms with Gasteiger partial charge in [0.05, 0.1) is 12.2 Å². The van der Waals surface area contributed by atoms with Crippen molar-refractivity contribution in [2.45, 2.75) is 37.6 Å². The minimum atomic E-state index is -3.41. The molecule has 0 radical (unpaired) electrons. The summed E-state index contributed by atoms with van der Waals surface area (Å²) in [5.74, 6) is -1.78. The van der Waals surface area contributed by atoms with Gasteiger partial charge in [0.15, 0.2) is 0 Å². The zero-order chi connectivity index (χ0) is 20.3. The van der Waals surface area contributed by atoms with Crippen molar-refractivity contribution in [3.05, 3.63) is 35.9 Å². The van der Waals surface area contributed by atoms with Gasteiger partial charge in [0.1, 0.15) is 0 Å². The van der Waals surface area contributed by atoms with Crippen molar-refractivity contribution in [3.63, 3.8) is 0 Å². The lowest BCUT2D eigenvalue weighted by molar-refractivity contribution is -0.146. The number of hydroxylamine groups is 1. The average molecular weight is 410 g/mol. The van der Waals surface area contributed by atoms with Gasteiger partial charge in [-0.25, -0.2) is 18.6 Å². The summed E-state index contributed by atoms with van der Waals surface area (Å²) in [7, 11) is -3.41. The summed E-state index contributed by atoms with van der Waals surface area (Å²) < 4.78 is 25.5. The number of sulfonamides is 1. The maximum Gasteiger partial charge on any atom is 0.247 e. The molecule has 1 saturated heterocycles. The molecule has 154 valence electrons. The standard InChI is InChI=1S/C19H27N3O5S/c1-28(26,27)21-15-7-8-16(17(11-15)18(23)20-25)19(24)22-10-9-14(12-22)13-5-3-2-4-6-13/h2-6,14-17,21,25H,7-12H2,1H3,(H,20,23)/t14-,15-,16-,17-/m0/s1. The van der Waals surface area contributed by atoms with Crippen LogP contribution in [-0.4, -0.2) is 55.7 Å². The second-order valence-corrected chi connectivity index (χ2v) is 9.55. The van der Waals surface area contributed by atoms with E-state index in [1.807, 2.05) is 18.2 Å². The lowest BCUT2D eigenvalue weighted by Gasteiger charge is -2.36. The van der Waals surface area contributed by atoms with Crippen molar-refractivity contribution in [2.75, 3.05) is 19.3 Å². The van der Waals surface area contributed by atoms with E-state index in [2.05, 4.69) is 16.9 Å². The molecular formula is C19H27N3O5S. The summed E-state index contributed by atoms with van der Waals surface area (Å²) >= 11 is 0. The molecule has 4 atom stereocenters. The lowest BCUT2D eigenvalue weighted by Crippen LogP contribution is -2.49. The Morgan fingerprint density at radius 3 is 2.46 bits per heavy atom. The van der Waals surface area contributed by atoms with Crippen LogP contribution >= 0.6 is 0 Å². The van der Waals surface area contributed by atoms with E-state index in [4.69, 9.17) is 5.21 Å². The molecule has 1 aromatic rings. The predicted molar refractivity (Wildman–Crippen MR) is 103 cm³/mol. The van der Waals surface area contributed by atoms with E-state index in [0.29, 0.717) is 25.9 Å². The summed E-state index contributed by atoms with van der Waals surface area (Å²) in [6.45, 7) is 1.24. The van der Waals surface area contributed by atoms with Crippen LogP contribution < -0.4 is 10.2 Å². The molecular weight excluding hydrogens is 382 g/mol. The molecule has 1 aromatic carbocycles. The van der Waals surface area contributed by atoms with Crippen molar-refractivity contribution in [1.29, 1.82) is 0 Å². The molecule has 1 saturated carbocycles. The van der Waals surface area contributed by atoms with Gasteiger partial charge < -0.3 is 4.90 Å². The van der Waals surface area contributed by atoms with E-state index in [1.54, 1.807) is 10.4 Å². The predicted octanol–water partition coefficient (Wildman–Crippen LogP) is 0.842.